The van der Waals surface area contributed by atoms with Gasteiger partial charge in [-0.3, -0.25) is 9.59 Å². The van der Waals surface area contributed by atoms with E-state index in [0.29, 0.717) is 25.2 Å². The lowest BCUT2D eigenvalue weighted by molar-refractivity contribution is -0.132. The van der Waals surface area contributed by atoms with Crippen molar-refractivity contribution in [1.82, 2.24) is 19.7 Å². The Morgan fingerprint density at radius 3 is 2.57 bits per heavy atom. The van der Waals surface area contributed by atoms with Crippen LogP contribution in [0.5, 0.6) is 5.88 Å². The summed E-state index contributed by atoms with van der Waals surface area (Å²) in [6.45, 7) is 4.71. The lowest BCUT2D eigenvalue weighted by Crippen LogP contribution is -2.51. The Kier molecular flexibility index (Phi) is 9.01. The molecule has 8 nitrogen and oxygen atoms in total. The van der Waals surface area contributed by atoms with Crippen LogP contribution in [-0.4, -0.2) is 96.1 Å². The second-order valence-electron chi connectivity index (χ2n) is 9.50. The summed E-state index contributed by atoms with van der Waals surface area (Å²) in [4.78, 5) is 35.7. The summed E-state index contributed by atoms with van der Waals surface area (Å²) in [5.41, 5.74) is 2.15. The van der Waals surface area contributed by atoms with E-state index < -0.39 is 0 Å². The maximum absolute atomic E-state index is 13.5. The molecule has 0 spiro atoms. The summed E-state index contributed by atoms with van der Waals surface area (Å²) < 4.78 is 6.27. The Hall–Kier alpha value is -3.23. The van der Waals surface area contributed by atoms with E-state index in [1.54, 1.807) is 29.1 Å². The molecule has 2 amide bonds. The van der Waals surface area contributed by atoms with E-state index >= 15 is 0 Å². The first kappa shape index (κ1) is 26.4. The second kappa shape index (κ2) is 12.0. The van der Waals surface area contributed by atoms with Crippen LogP contribution in [0.4, 0.5) is 0 Å². The minimum absolute atomic E-state index is 0.0147. The van der Waals surface area contributed by atoms with Gasteiger partial charge in [-0.2, -0.15) is 0 Å². The van der Waals surface area contributed by atoms with Crippen LogP contribution in [0.3, 0.4) is 0 Å². The third kappa shape index (κ3) is 6.90. The summed E-state index contributed by atoms with van der Waals surface area (Å²) in [7, 11) is 5.46. The number of carbonyl (C=O) groups excluding carboxylic acids is 2. The quantitative estimate of drug-likeness (QED) is 0.625. The van der Waals surface area contributed by atoms with Gasteiger partial charge in [0.05, 0.1) is 25.7 Å². The number of likely N-dealkylation sites (N-methyl/N-ethyl adjacent to an activating group) is 2. The van der Waals surface area contributed by atoms with Gasteiger partial charge < -0.3 is 24.5 Å². The van der Waals surface area contributed by atoms with Gasteiger partial charge in [-0.15, -0.1) is 0 Å². The van der Waals surface area contributed by atoms with Gasteiger partial charge >= 0.3 is 0 Å². The predicted molar refractivity (Wildman–Crippen MR) is 137 cm³/mol. The third-order valence-electron chi connectivity index (χ3n) is 6.14. The summed E-state index contributed by atoms with van der Waals surface area (Å²) in [5.74, 6) is -0.0902. The second-order valence-corrected chi connectivity index (χ2v) is 9.50. The number of benzene rings is 1. The van der Waals surface area contributed by atoms with Crippen molar-refractivity contribution in [2.24, 2.45) is 5.92 Å². The van der Waals surface area contributed by atoms with Gasteiger partial charge in [0, 0.05) is 25.7 Å². The Balaban J connectivity index is 1.93. The molecule has 0 saturated carbocycles. The maximum Gasteiger partial charge on any atom is 0.259 e. The molecule has 3 atom stereocenters. The fourth-order valence-corrected chi connectivity index (χ4v) is 3.95. The number of rotatable bonds is 8. The van der Waals surface area contributed by atoms with E-state index in [-0.39, 0.29) is 42.4 Å². The number of amides is 2. The van der Waals surface area contributed by atoms with Crippen LogP contribution in [-0.2, 0) is 4.79 Å². The van der Waals surface area contributed by atoms with E-state index in [9.17, 15) is 14.7 Å². The van der Waals surface area contributed by atoms with Crippen molar-refractivity contribution in [2.75, 3.05) is 47.4 Å². The van der Waals surface area contributed by atoms with Crippen molar-refractivity contribution in [3.63, 3.8) is 0 Å². The molecule has 35 heavy (non-hydrogen) atoms. The molecule has 8 heteroatoms. The van der Waals surface area contributed by atoms with Crippen LogP contribution >= 0.6 is 0 Å². The largest absolute Gasteiger partial charge is 0.472 e. The van der Waals surface area contributed by atoms with Crippen molar-refractivity contribution in [3.8, 4) is 5.88 Å². The number of hydrogen-bond acceptors (Lipinski definition) is 6. The predicted octanol–water partition coefficient (Wildman–Crippen LogP) is 2.49. The summed E-state index contributed by atoms with van der Waals surface area (Å²) in [5, 5.41) is 9.82. The van der Waals surface area contributed by atoms with Crippen molar-refractivity contribution in [2.45, 2.75) is 26.0 Å². The standard InChI is InChI=1S/C27H36N4O4/c1-19-15-31(20(2)18-32)27(34)23-13-22(12-11-21-9-7-6-8-10-21)14-28-26(23)35-24(19)16-30(5)25(33)17-29(3)4/h6-14,19-20,24,32H,15-18H2,1-5H3/b12-11+/t19-,20-,24+/m1/s1. The van der Waals surface area contributed by atoms with Gasteiger partial charge in [0.1, 0.15) is 11.7 Å². The molecule has 0 saturated heterocycles. The highest BCUT2D eigenvalue weighted by atomic mass is 16.5. The van der Waals surface area contributed by atoms with Crippen molar-refractivity contribution < 1.29 is 19.4 Å². The van der Waals surface area contributed by atoms with Gasteiger partial charge in [0.15, 0.2) is 0 Å². The third-order valence-corrected chi connectivity index (χ3v) is 6.14. The number of aliphatic hydroxyl groups excluding tert-OH is 1. The van der Waals surface area contributed by atoms with E-state index in [1.807, 2.05) is 75.3 Å². The Bertz CT molecular complexity index is 1040. The van der Waals surface area contributed by atoms with Crippen molar-refractivity contribution in [3.05, 3.63) is 59.3 Å². The zero-order chi connectivity index (χ0) is 25.5. The zero-order valence-electron chi connectivity index (χ0n) is 21.2. The first-order valence-electron chi connectivity index (χ1n) is 11.9. The number of ether oxygens (including phenoxy) is 1. The molecule has 0 unspecified atom stereocenters. The smallest absolute Gasteiger partial charge is 0.259 e. The highest BCUT2D eigenvalue weighted by Gasteiger charge is 2.34. The SMILES string of the molecule is C[C@@H]1CN([C@H](C)CO)C(=O)c2cc(/C=C/c3ccccc3)cnc2O[C@H]1CN(C)C(=O)CN(C)C. The van der Waals surface area contributed by atoms with Crippen LogP contribution in [0.1, 0.15) is 35.3 Å². The number of hydrogen-bond donors (Lipinski definition) is 1. The molecule has 188 valence electrons. The van der Waals surface area contributed by atoms with Gasteiger partial charge in [-0.1, -0.05) is 49.4 Å². The number of aliphatic hydroxyl groups is 1. The summed E-state index contributed by atoms with van der Waals surface area (Å²) in [6.07, 6.45) is 5.17. The Morgan fingerprint density at radius 1 is 1.23 bits per heavy atom. The van der Waals surface area contributed by atoms with Crippen LogP contribution in [0.2, 0.25) is 0 Å². The highest BCUT2D eigenvalue weighted by molar-refractivity contribution is 5.97. The minimum atomic E-state index is -0.371. The van der Waals surface area contributed by atoms with Gasteiger partial charge in [0.2, 0.25) is 11.8 Å². The lowest BCUT2D eigenvalue weighted by Gasteiger charge is -2.37. The summed E-state index contributed by atoms with van der Waals surface area (Å²) in [6, 6.07) is 11.3. The Morgan fingerprint density at radius 2 is 1.91 bits per heavy atom. The summed E-state index contributed by atoms with van der Waals surface area (Å²) >= 11 is 0. The number of fused-ring (bicyclic) bond motifs is 1. The molecular formula is C27H36N4O4. The van der Waals surface area contributed by atoms with E-state index in [4.69, 9.17) is 4.74 Å². The molecular weight excluding hydrogens is 444 g/mol. The van der Waals surface area contributed by atoms with E-state index in [0.717, 1.165) is 11.1 Å². The van der Waals surface area contributed by atoms with Gasteiger partial charge in [-0.05, 0) is 38.2 Å². The molecule has 2 heterocycles. The Labute approximate surface area is 207 Å². The number of aromatic nitrogens is 1. The topological polar surface area (TPSA) is 86.2 Å². The highest BCUT2D eigenvalue weighted by Crippen LogP contribution is 2.28. The number of carbonyl (C=O) groups is 2. The molecule has 0 fully saturated rings. The first-order chi connectivity index (χ1) is 16.7. The molecule has 0 radical (unpaired) electrons. The van der Waals surface area contributed by atoms with E-state index in [2.05, 4.69) is 4.98 Å². The molecule has 0 bridgehead atoms. The van der Waals surface area contributed by atoms with Crippen molar-refractivity contribution in [1.29, 1.82) is 0 Å². The molecule has 1 aliphatic heterocycles. The number of nitrogens with zero attached hydrogens (tertiary/aromatic N) is 4. The molecule has 1 aliphatic rings. The van der Waals surface area contributed by atoms with Crippen molar-refractivity contribution >= 4 is 24.0 Å². The molecule has 1 N–H and O–H groups in total. The van der Waals surface area contributed by atoms with Crippen LogP contribution in [0.15, 0.2) is 42.6 Å². The maximum atomic E-state index is 13.5. The van der Waals surface area contributed by atoms with E-state index in [1.165, 1.54) is 0 Å². The fourth-order valence-electron chi connectivity index (χ4n) is 3.95. The van der Waals surface area contributed by atoms with Crippen LogP contribution < -0.4 is 4.74 Å². The van der Waals surface area contributed by atoms with Crippen LogP contribution in [0.25, 0.3) is 12.2 Å². The van der Waals surface area contributed by atoms with Crippen LogP contribution in [0, 0.1) is 5.92 Å². The van der Waals surface area contributed by atoms with Gasteiger partial charge in [-0.25, -0.2) is 4.98 Å². The average Bonchev–Trinajstić information content (AvgIpc) is 2.84. The fraction of sp³-hybridized carbons (Fsp3) is 0.444. The monoisotopic (exact) mass is 480 g/mol. The number of pyridine rings is 1. The normalized spacial score (nSPS) is 19.2. The molecule has 2 aromatic rings. The van der Waals surface area contributed by atoms with Gasteiger partial charge in [0.25, 0.3) is 5.91 Å². The first-order valence-corrected chi connectivity index (χ1v) is 11.9. The molecule has 1 aromatic carbocycles. The minimum Gasteiger partial charge on any atom is -0.472 e. The molecule has 1 aromatic heterocycles. The molecule has 3 rings (SSSR count). The lowest BCUT2D eigenvalue weighted by atomic mass is 9.99. The average molecular weight is 481 g/mol. The zero-order valence-corrected chi connectivity index (χ0v) is 21.2. The molecule has 0 aliphatic carbocycles.